The monoisotopic (exact) mass is 970 g/mol. The standard InChI is InChI=1S/C55H66N6O10/c1-5-7-15-27-54(28-16-8-6-2)42-32-38(56-48(62)44-22-17-29-60(44)51(65)47(59(3)53(67)68)37-20-13-10-14-21-37)23-25-40(42)41-26-24-39(33-43(41)54)57-49(63)45-34-55(70-30-31-71-55)35-61(45)50(64)46(58-52(66)69-4)36-18-11-9-12-19-36/h9-14,18-21,23-26,32-33,44-47H,5-8,15-17,22,27-31,34-35H2,1-4H3,(H,56,62)(H,57,63)(H,58,66)(H,67,68)/t44-,45-,46+,47+/m0/s1. The molecule has 4 aliphatic rings. The molecule has 6 amide bonds. The van der Waals surface area contributed by atoms with E-state index in [2.05, 4.69) is 41.9 Å². The number of alkyl carbamates (subject to hydrolysis) is 1. The maximum Gasteiger partial charge on any atom is 0.407 e. The number of ether oxygens (including phenoxy) is 3. The number of hydrogen-bond acceptors (Lipinski definition) is 9. The summed E-state index contributed by atoms with van der Waals surface area (Å²) in [4.78, 5) is 86.5. The van der Waals surface area contributed by atoms with Crippen LogP contribution in [0.5, 0.6) is 0 Å². The van der Waals surface area contributed by atoms with Crippen LogP contribution >= 0.6 is 0 Å². The lowest BCUT2D eigenvalue weighted by molar-refractivity contribution is -0.153. The molecule has 4 N–H and O–H groups in total. The highest BCUT2D eigenvalue weighted by molar-refractivity contribution is 6.01. The van der Waals surface area contributed by atoms with E-state index >= 15 is 0 Å². The molecule has 0 radical (unpaired) electrons. The highest BCUT2D eigenvalue weighted by Gasteiger charge is 2.54. The van der Waals surface area contributed by atoms with Crippen LogP contribution in [0.15, 0.2) is 97.1 Å². The Hall–Kier alpha value is -6.78. The van der Waals surface area contributed by atoms with E-state index in [4.69, 9.17) is 14.2 Å². The molecule has 4 atom stereocenters. The molecule has 3 saturated heterocycles. The topological polar surface area (TPSA) is 196 Å². The van der Waals surface area contributed by atoms with Crippen LogP contribution in [0.2, 0.25) is 0 Å². The number of likely N-dealkylation sites (N-methyl/N-ethyl adjacent to an activating group) is 1. The second kappa shape index (κ2) is 22.1. The number of carbonyl (C=O) groups excluding carboxylic acids is 5. The number of likely N-dealkylation sites (tertiary alicyclic amines) is 2. The van der Waals surface area contributed by atoms with Crippen molar-refractivity contribution < 1.29 is 48.1 Å². The third kappa shape index (κ3) is 10.5. The molecule has 1 aliphatic carbocycles. The number of unbranched alkanes of at least 4 members (excludes halogenated alkanes) is 4. The molecule has 16 heteroatoms. The van der Waals surface area contributed by atoms with Crippen molar-refractivity contribution in [3.8, 4) is 11.1 Å². The summed E-state index contributed by atoms with van der Waals surface area (Å²) >= 11 is 0. The first-order chi connectivity index (χ1) is 34.3. The first-order valence-corrected chi connectivity index (χ1v) is 25.0. The van der Waals surface area contributed by atoms with Gasteiger partial charge in [-0.05, 0) is 83.3 Å². The maximum atomic E-state index is 14.7. The Morgan fingerprint density at radius 3 is 1.82 bits per heavy atom. The van der Waals surface area contributed by atoms with Gasteiger partial charge in [-0.25, -0.2) is 9.59 Å². The number of carbonyl (C=O) groups is 6. The molecule has 1 spiro atoms. The van der Waals surface area contributed by atoms with Crippen LogP contribution in [-0.4, -0.2) is 114 Å². The van der Waals surface area contributed by atoms with Crippen LogP contribution in [-0.2, 0) is 38.8 Å². The minimum atomic E-state index is -1.25. The molecule has 0 bridgehead atoms. The van der Waals surface area contributed by atoms with Crippen LogP contribution in [0.25, 0.3) is 11.1 Å². The molecule has 16 nitrogen and oxygen atoms in total. The van der Waals surface area contributed by atoms with Gasteiger partial charge in [0, 0.05) is 36.8 Å². The van der Waals surface area contributed by atoms with Crippen LogP contribution in [0.1, 0.15) is 119 Å². The number of nitrogens with one attached hydrogen (secondary N) is 3. The second-order valence-electron chi connectivity index (χ2n) is 19.2. The molecule has 4 aromatic rings. The Labute approximate surface area is 415 Å². The van der Waals surface area contributed by atoms with E-state index in [1.165, 1.54) is 24.0 Å². The van der Waals surface area contributed by atoms with Crippen LogP contribution in [0.4, 0.5) is 21.0 Å². The molecule has 0 aromatic heterocycles. The second-order valence-corrected chi connectivity index (χ2v) is 19.2. The molecule has 0 unspecified atom stereocenters. The summed E-state index contributed by atoms with van der Waals surface area (Å²) in [6.07, 6.45) is 6.72. The molecule has 3 aliphatic heterocycles. The zero-order chi connectivity index (χ0) is 50.3. The van der Waals surface area contributed by atoms with Gasteiger partial charge in [-0.15, -0.1) is 0 Å². The first-order valence-electron chi connectivity index (χ1n) is 25.0. The molecule has 71 heavy (non-hydrogen) atoms. The molecule has 8 rings (SSSR count). The number of methoxy groups -OCH3 is 1. The van der Waals surface area contributed by atoms with Gasteiger partial charge in [0.25, 0.3) is 11.8 Å². The minimum absolute atomic E-state index is 0.0161. The third-order valence-electron chi connectivity index (χ3n) is 14.7. The maximum absolute atomic E-state index is 14.7. The molecular weight excluding hydrogens is 905 g/mol. The van der Waals surface area contributed by atoms with Crippen molar-refractivity contribution >= 4 is 47.2 Å². The van der Waals surface area contributed by atoms with E-state index in [0.29, 0.717) is 55.1 Å². The Morgan fingerprint density at radius 2 is 1.28 bits per heavy atom. The molecule has 3 heterocycles. The lowest BCUT2D eigenvalue weighted by Crippen LogP contribution is -2.49. The summed E-state index contributed by atoms with van der Waals surface area (Å²) in [5.74, 6) is -2.90. The highest BCUT2D eigenvalue weighted by Crippen LogP contribution is 2.55. The van der Waals surface area contributed by atoms with Crippen molar-refractivity contribution in [2.24, 2.45) is 0 Å². The zero-order valence-electron chi connectivity index (χ0n) is 41.1. The Morgan fingerprint density at radius 1 is 0.732 bits per heavy atom. The average Bonchev–Trinajstić information content (AvgIpc) is 4.20. The minimum Gasteiger partial charge on any atom is -0.465 e. The summed E-state index contributed by atoms with van der Waals surface area (Å²) in [7, 11) is 2.59. The lowest BCUT2D eigenvalue weighted by Gasteiger charge is -2.34. The van der Waals surface area contributed by atoms with Gasteiger partial charge in [0.1, 0.15) is 24.2 Å². The van der Waals surface area contributed by atoms with Gasteiger partial charge >= 0.3 is 12.2 Å². The van der Waals surface area contributed by atoms with Crippen molar-refractivity contribution in [1.29, 1.82) is 0 Å². The van der Waals surface area contributed by atoms with Crippen LogP contribution in [0, 0.1) is 0 Å². The van der Waals surface area contributed by atoms with Gasteiger partial charge in [-0.2, -0.15) is 0 Å². The predicted octanol–water partition coefficient (Wildman–Crippen LogP) is 8.77. The molecular formula is C55H66N6O10. The number of anilines is 2. The van der Waals surface area contributed by atoms with E-state index in [-0.39, 0.29) is 18.9 Å². The zero-order valence-corrected chi connectivity index (χ0v) is 41.1. The van der Waals surface area contributed by atoms with Crippen molar-refractivity contribution in [1.82, 2.24) is 20.0 Å². The van der Waals surface area contributed by atoms with Crippen LogP contribution in [0.3, 0.4) is 0 Å². The van der Waals surface area contributed by atoms with Gasteiger partial charge in [0.2, 0.25) is 11.8 Å². The van der Waals surface area contributed by atoms with Crippen molar-refractivity contribution in [3.05, 3.63) is 119 Å². The fourth-order valence-corrected chi connectivity index (χ4v) is 11.1. The fourth-order valence-electron chi connectivity index (χ4n) is 11.1. The quantitative estimate of drug-likeness (QED) is 0.0700. The largest absolute Gasteiger partial charge is 0.465 e. The number of benzene rings is 4. The molecule has 3 fully saturated rings. The average molecular weight is 971 g/mol. The summed E-state index contributed by atoms with van der Waals surface area (Å²) < 4.78 is 17.0. The first kappa shape index (κ1) is 50.6. The summed E-state index contributed by atoms with van der Waals surface area (Å²) in [5.41, 5.74) is 5.98. The smallest absolute Gasteiger partial charge is 0.407 e. The summed E-state index contributed by atoms with van der Waals surface area (Å²) in [5, 5.41) is 18.9. The molecule has 0 saturated carbocycles. The number of carboxylic acid groups (broad SMARTS) is 1. The van der Waals surface area contributed by atoms with Crippen molar-refractivity contribution in [3.63, 3.8) is 0 Å². The predicted molar refractivity (Wildman–Crippen MR) is 267 cm³/mol. The van der Waals surface area contributed by atoms with E-state index < -0.39 is 65.3 Å². The highest BCUT2D eigenvalue weighted by atomic mass is 16.7. The number of fused-ring (bicyclic) bond motifs is 3. The van der Waals surface area contributed by atoms with Gasteiger partial charge in [0.05, 0.1) is 26.9 Å². The van der Waals surface area contributed by atoms with Crippen molar-refractivity contribution in [2.75, 3.05) is 51.1 Å². The lowest BCUT2D eigenvalue weighted by atomic mass is 9.70. The van der Waals surface area contributed by atoms with Crippen molar-refractivity contribution in [2.45, 2.75) is 120 Å². The Balaban J connectivity index is 1.09. The van der Waals surface area contributed by atoms with Gasteiger partial charge < -0.3 is 45.1 Å². The van der Waals surface area contributed by atoms with Gasteiger partial charge in [-0.3, -0.25) is 24.1 Å². The SMILES string of the molecule is CCCCCC1(CCCCC)c2cc(NC(=O)[C@@H]3CC4(CN3C(=O)[C@H](NC(=O)OC)c3ccccc3)OCCO4)ccc2-c2ccc(NC(=O)[C@@H]3CCCN3C(=O)[C@@H](c3ccccc3)N(C)C(=O)O)cc21. The third-order valence-corrected chi connectivity index (χ3v) is 14.7. The number of nitrogens with zero attached hydrogens (tertiary/aromatic N) is 3. The van der Waals surface area contributed by atoms with E-state index in [1.807, 2.05) is 30.3 Å². The number of rotatable bonds is 18. The number of hydrogen-bond donors (Lipinski definition) is 4. The van der Waals surface area contributed by atoms with Gasteiger partial charge in [0.15, 0.2) is 5.79 Å². The molecule has 376 valence electrons. The number of amides is 6. The van der Waals surface area contributed by atoms with E-state index in [0.717, 1.165) is 78.5 Å². The summed E-state index contributed by atoms with van der Waals surface area (Å²) in [6, 6.07) is 25.5. The van der Waals surface area contributed by atoms with Crippen LogP contribution < -0.4 is 16.0 Å². The molecule has 4 aromatic carbocycles. The Kier molecular flexibility index (Phi) is 15.8. The fraction of sp³-hybridized carbons (Fsp3) is 0.455. The summed E-state index contributed by atoms with van der Waals surface area (Å²) in [6.45, 7) is 5.29. The van der Waals surface area contributed by atoms with E-state index in [1.54, 1.807) is 54.6 Å². The Bertz CT molecular complexity index is 2580. The normalized spacial score (nSPS) is 19.1. The van der Waals surface area contributed by atoms with E-state index in [9.17, 15) is 33.9 Å². The van der Waals surface area contributed by atoms with Gasteiger partial charge in [-0.1, -0.05) is 125 Å².